The molecule has 7 heteroatoms. The van der Waals surface area contributed by atoms with Crippen LogP contribution in [-0.2, 0) is 0 Å². The molecular weight excluding hydrogens is 407 g/mol. The lowest BCUT2D eigenvalue weighted by atomic mass is 10.0. The molecule has 2 aliphatic rings. The number of nitrogens with one attached hydrogen (secondary N) is 1. The Morgan fingerprint density at radius 1 is 1.16 bits per heavy atom. The molecule has 0 saturated carbocycles. The number of rotatable bonds is 5. The minimum atomic E-state index is -0.331. The van der Waals surface area contributed by atoms with Crippen molar-refractivity contribution in [3.05, 3.63) is 90.1 Å². The van der Waals surface area contributed by atoms with Crippen LogP contribution in [0.4, 0.5) is 4.39 Å². The number of benzene rings is 2. The van der Waals surface area contributed by atoms with Gasteiger partial charge in [0.2, 0.25) is 0 Å². The number of amides is 1. The van der Waals surface area contributed by atoms with Crippen molar-refractivity contribution in [3.8, 4) is 28.8 Å². The van der Waals surface area contributed by atoms with Crippen LogP contribution in [0.2, 0.25) is 0 Å². The monoisotopic (exact) mass is 426 g/mol. The molecule has 0 radical (unpaired) electrons. The maximum absolute atomic E-state index is 13.2. The summed E-state index contributed by atoms with van der Waals surface area (Å²) in [5, 5.41) is 12.2. The summed E-state index contributed by atoms with van der Waals surface area (Å²) >= 11 is 0. The minimum absolute atomic E-state index is 0.0326. The summed E-state index contributed by atoms with van der Waals surface area (Å²) in [6, 6.07) is 14.7. The number of carbonyl (C=O) groups is 1. The Morgan fingerprint density at radius 3 is 2.66 bits per heavy atom. The van der Waals surface area contributed by atoms with Crippen LogP contribution in [0.5, 0.6) is 11.5 Å². The van der Waals surface area contributed by atoms with Crippen molar-refractivity contribution in [3.63, 3.8) is 0 Å². The van der Waals surface area contributed by atoms with E-state index in [-0.39, 0.29) is 17.8 Å². The van der Waals surface area contributed by atoms with Crippen LogP contribution in [0.15, 0.2) is 78.8 Å². The van der Waals surface area contributed by atoms with Gasteiger partial charge in [0.05, 0.1) is 6.04 Å². The summed E-state index contributed by atoms with van der Waals surface area (Å²) in [4.78, 5) is 18.6. The molecule has 1 amide bonds. The highest BCUT2D eigenvalue weighted by molar-refractivity contribution is 5.96. The third kappa shape index (κ3) is 3.79. The van der Waals surface area contributed by atoms with Crippen molar-refractivity contribution >= 4 is 5.91 Å². The molecule has 0 spiro atoms. The summed E-state index contributed by atoms with van der Waals surface area (Å²) in [7, 11) is 0. The molecule has 1 N–H and O–H groups in total. The maximum Gasteiger partial charge on any atom is 0.255 e. The van der Waals surface area contributed by atoms with Crippen molar-refractivity contribution in [1.82, 2.24) is 15.2 Å². The highest BCUT2D eigenvalue weighted by Gasteiger charge is 2.39. The van der Waals surface area contributed by atoms with Crippen LogP contribution in [0, 0.1) is 23.2 Å². The molecule has 6 nitrogen and oxygen atoms in total. The van der Waals surface area contributed by atoms with Crippen molar-refractivity contribution in [2.24, 2.45) is 5.92 Å². The van der Waals surface area contributed by atoms with E-state index in [1.165, 1.54) is 12.1 Å². The molecule has 2 heterocycles. The van der Waals surface area contributed by atoms with E-state index in [2.05, 4.69) is 22.6 Å². The molecule has 1 saturated heterocycles. The number of hydrogen-bond donors (Lipinski definition) is 1. The third-order valence-corrected chi connectivity index (χ3v) is 5.77. The number of fused-ring (bicyclic) bond motifs is 2. The topological polar surface area (TPSA) is 78.3 Å². The van der Waals surface area contributed by atoms with E-state index in [0.717, 1.165) is 29.8 Å². The first-order valence-corrected chi connectivity index (χ1v) is 10.3. The van der Waals surface area contributed by atoms with Crippen LogP contribution in [0.25, 0.3) is 11.1 Å². The van der Waals surface area contributed by atoms with Gasteiger partial charge in [0.1, 0.15) is 17.3 Å². The second kappa shape index (κ2) is 8.16. The number of likely N-dealkylation sites (tertiary alicyclic amines) is 1. The normalized spacial score (nSPS) is 18.8. The fraction of sp³-hybridized carbons (Fsp3) is 0.160. The van der Waals surface area contributed by atoms with Gasteiger partial charge in [-0.05, 0) is 60.4 Å². The van der Waals surface area contributed by atoms with Crippen LogP contribution in [0.3, 0.4) is 0 Å². The van der Waals surface area contributed by atoms with Gasteiger partial charge in [-0.2, -0.15) is 5.26 Å². The maximum atomic E-state index is 13.2. The van der Waals surface area contributed by atoms with Gasteiger partial charge < -0.3 is 15.0 Å². The second-order valence-corrected chi connectivity index (χ2v) is 7.85. The van der Waals surface area contributed by atoms with E-state index in [1.54, 1.807) is 47.6 Å². The lowest BCUT2D eigenvalue weighted by Crippen LogP contribution is -2.36. The number of pyridine rings is 1. The number of ether oxygens (including phenoxy) is 1. The van der Waals surface area contributed by atoms with E-state index in [0.29, 0.717) is 23.0 Å². The Balaban J connectivity index is 1.32. The van der Waals surface area contributed by atoms with Gasteiger partial charge in [0, 0.05) is 35.8 Å². The number of nitriles is 1. The second-order valence-electron chi connectivity index (χ2n) is 7.85. The predicted molar refractivity (Wildman–Crippen MR) is 116 cm³/mol. The van der Waals surface area contributed by atoms with Crippen LogP contribution < -0.4 is 10.1 Å². The van der Waals surface area contributed by atoms with E-state index < -0.39 is 0 Å². The molecule has 32 heavy (non-hydrogen) atoms. The highest BCUT2D eigenvalue weighted by Crippen LogP contribution is 2.35. The molecule has 158 valence electrons. The van der Waals surface area contributed by atoms with Crippen molar-refractivity contribution in [1.29, 1.82) is 5.26 Å². The zero-order valence-corrected chi connectivity index (χ0v) is 17.0. The molecule has 2 aromatic carbocycles. The first-order chi connectivity index (χ1) is 15.6. The lowest BCUT2D eigenvalue weighted by Gasteiger charge is -2.23. The van der Waals surface area contributed by atoms with Gasteiger partial charge in [-0.1, -0.05) is 18.2 Å². The molecular formula is C25H19FN4O2. The molecule has 1 aliphatic heterocycles. The molecule has 1 fully saturated rings. The van der Waals surface area contributed by atoms with Crippen molar-refractivity contribution < 1.29 is 13.9 Å². The molecule has 2 unspecified atom stereocenters. The lowest BCUT2D eigenvalue weighted by molar-refractivity contribution is 0.0960. The zero-order valence-electron chi connectivity index (χ0n) is 17.0. The number of hydrogen-bond acceptors (Lipinski definition) is 5. The first-order valence-electron chi connectivity index (χ1n) is 10.3. The largest absolute Gasteiger partial charge is 0.457 e. The van der Waals surface area contributed by atoms with Gasteiger partial charge in [-0.3, -0.25) is 9.78 Å². The van der Waals surface area contributed by atoms with Gasteiger partial charge in [0.15, 0.2) is 6.19 Å². The Morgan fingerprint density at radius 2 is 1.94 bits per heavy atom. The predicted octanol–water partition coefficient (Wildman–Crippen LogP) is 4.48. The van der Waals surface area contributed by atoms with E-state index in [9.17, 15) is 14.4 Å². The van der Waals surface area contributed by atoms with Crippen LogP contribution in [0.1, 0.15) is 16.8 Å². The van der Waals surface area contributed by atoms with Gasteiger partial charge in [-0.15, -0.1) is 0 Å². The number of carbonyl (C=O) groups excluding carboxylic acids is 1. The Hall–Kier alpha value is -4.18. The Labute approximate surface area is 184 Å². The summed E-state index contributed by atoms with van der Waals surface area (Å²) in [5.74, 6) is 0.875. The fourth-order valence-electron chi connectivity index (χ4n) is 4.21. The molecule has 1 aliphatic carbocycles. The minimum Gasteiger partial charge on any atom is -0.457 e. The zero-order chi connectivity index (χ0) is 22.1. The van der Waals surface area contributed by atoms with Gasteiger partial charge in [-0.25, -0.2) is 4.39 Å². The number of halogens is 1. The molecule has 2 atom stereocenters. The Bertz CT molecular complexity index is 1230. The summed E-state index contributed by atoms with van der Waals surface area (Å²) < 4.78 is 19.1. The van der Waals surface area contributed by atoms with Gasteiger partial charge in [0.25, 0.3) is 5.91 Å². The first kappa shape index (κ1) is 19.8. The standard InChI is InChI=1S/C25H19FN4O2/c26-19-5-7-20(8-6-19)32-24-9-10-28-13-21(24)17-1-3-18(4-2-17)25(31)29-22-11-16-12-23(22)30(14-16)15-27/h1-11,13,16,23H,12,14H2,(H,29,31). The SMILES string of the molecule is N#CN1CC2C=C(NC(=O)c3ccc(-c4cnccc4Oc4ccc(F)cc4)cc3)C1C2. The number of aromatic nitrogens is 1. The summed E-state index contributed by atoms with van der Waals surface area (Å²) in [6.45, 7) is 0.725. The Kier molecular flexibility index (Phi) is 5.04. The molecule has 5 rings (SSSR count). The quantitative estimate of drug-likeness (QED) is 0.609. The third-order valence-electron chi connectivity index (χ3n) is 5.77. The smallest absolute Gasteiger partial charge is 0.255 e. The number of nitrogens with zero attached hydrogens (tertiary/aromatic N) is 3. The highest BCUT2D eigenvalue weighted by atomic mass is 19.1. The average Bonchev–Trinajstić information content (AvgIpc) is 3.41. The van der Waals surface area contributed by atoms with E-state index >= 15 is 0 Å². The van der Waals surface area contributed by atoms with Gasteiger partial charge >= 0.3 is 0 Å². The molecule has 3 aromatic rings. The molecule has 2 bridgehead atoms. The summed E-state index contributed by atoms with van der Waals surface area (Å²) in [5.41, 5.74) is 2.91. The van der Waals surface area contributed by atoms with E-state index in [4.69, 9.17) is 4.74 Å². The van der Waals surface area contributed by atoms with Crippen LogP contribution in [-0.4, -0.2) is 28.4 Å². The van der Waals surface area contributed by atoms with E-state index in [1.807, 2.05) is 12.1 Å². The average molecular weight is 426 g/mol. The van der Waals surface area contributed by atoms with Crippen molar-refractivity contribution in [2.45, 2.75) is 12.5 Å². The summed E-state index contributed by atoms with van der Waals surface area (Å²) in [6.07, 6.45) is 8.43. The fourth-order valence-corrected chi connectivity index (χ4v) is 4.21. The molecule has 1 aromatic heterocycles. The van der Waals surface area contributed by atoms with Crippen molar-refractivity contribution in [2.75, 3.05) is 6.54 Å². The van der Waals surface area contributed by atoms with Crippen LogP contribution >= 0.6 is 0 Å².